The lowest BCUT2D eigenvalue weighted by molar-refractivity contribution is -0.154. The van der Waals surface area contributed by atoms with Crippen molar-refractivity contribution < 1.29 is 19.1 Å². The van der Waals surface area contributed by atoms with Crippen molar-refractivity contribution >= 4 is 11.9 Å². The predicted octanol–water partition coefficient (Wildman–Crippen LogP) is 2.36. The fourth-order valence-corrected chi connectivity index (χ4v) is 3.75. The molecule has 2 fully saturated rings. The number of likely N-dealkylation sites (tertiary alicyclic amines) is 1. The minimum Gasteiger partial charge on any atom is -0.467 e. The second-order valence-corrected chi connectivity index (χ2v) is 6.73. The van der Waals surface area contributed by atoms with Crippen molar-refractivity contribution in [3.05, 3.63) is 71.8 Å². The van der Waals surface area contributed by atoms with Crippen LogP contribution >= 0.6 is 0 Å². The molecule has 0 bridgehead atoms. The van der Waals surface area contributed by atoms with Gasteiger partial charge in [-0.15, -0.1) is 0 Å². The molecular formula is C21H21NO4. The number of benzene rings is 2. The summed E-state index contributed by atoms with van der Waals surface area (Å²) in [4.78, 5) is 27.5. The van der Waals surface area contributed by atoms with Gasteiger partial charge in [-0.2, -0.15) is 0 Å². The molecular weight excluding hydrogens is 330 g/mol. The molecule has 0 aromatic heterocycles. The third-order valence-corrected chi connectivity index (χ3v) is 5.17. The average Bonchev–Trinajstić information content (AvgIpc) is 3.46. The molecule has 5 nitrogen and oxygen atoms in total. The van der Waals surface area contributed by atoms with Gasteiger partial charge in [0.1, 0.15) is 12.1 Å². The van der Waals surface area contributed by atoms with E-state index in [9.17, 15) is 9.59 Å². The Hall–Kier alpha value is -2.66. The van der Waals surface area contributed by atoms with Crippen LogP contribution in [0.2, 0.25) is 0 Å². The first-order valence-electron chi connectivity index (χ1n) is 8.82. The van der Waals surface area contributed by atoms with Crippen molar-refractivity contribution in [2.45, 2.75) is 30.6 Å². The number of piperidine rings is 1. The minimum absolute atomic E-state index is 0.0343. The first kappa shape index (κ1) is 16.8. The van der Waals surface area contributed by atoms with Gasteiger partial charge in [0, 0.05) is 6.42 Å². The normalized spacial score (nSPS) is 24.1. The molecule has 0 spiro atoms. The van der Waals surface area contributed by atoms with Gasteiger partial charge in [-0.1, -0.05) is 60.7 Å². The monoisotopic (exact) mass is 351 g/mol. The van der Waals surface area contributed by atoms with Gasteiger partial charge in [0.2, 0.25) is 5.91 Å². The number of epoxide rings is 1. The van der Waals surface area contributed by atoms with Gasteiger partial charge in [0.15, 0.2) is 0 Å². The van der Waals surface area contributed by atoms with E-state index in [0.717, 1.165) is 11.1 Å². The molecule has 2 aromatic rings. The number of rotatable bonds is 4. The van der Waals surface area contributed by atoms with Gasteiger partial charge in [-0.3, -0.25) is 4.79 Å². The number of ether oxygens (including phenoxy) is 2. The zero-order valence-electron chi connectivity index (χ0n) is 14.6. The Balaban J connectivity index is 1.70. The maximum atomic E-state index is 13.6. The van der Waals surface area contributed by atoms with Gasteiger partial charge in [-0.25, -0.2) is 4.79 Å². The molecule has 1 amide bonds. The SMILES string of the molecule is COC(=O)[C@@H]1CC2OC2CN1C(=O)C(c1ccccc1)c1ccccc1. The Labute approximate surface area is 152 Å². The van der Waals surface area contributed by atoms with Crippen molar-refractivity contribution in [3.8, 4) is 0 Å². The van der Waals surface area contributed by atoms with E-state index in [1.807, 2.05) is 60.7 Å². The van der Waals surface area contributed by atoms with Gasteiger partial charge in [0.05, 0.1) is 25.7 Å². The Morgan fingerprint density at radius 3 is 2.12 bits per heavy atom. The van der Waals surface area contributed by atoms with Crippen LogP contribution in [0, 0.1) is 0 Å². The van der Waals surface area contributed by atoms with E-state index in [1.165, 1.54) is 7.11 Å². The van der Waals surface area contributed by atoms with E-state index in [4.69, 9.17) is 9.47 Å². The number of fused-ring (bicyclic) bond motifs is 1. The highest BCUT2D eigenvalue weighted by Crippen LogP contribution is 2.37. The van der Waals surface area contributed by atoms with E-state index in [2.05, 4.69) is 0 Å². The van der Waals surface area contributed by atoms with Crippen LogP contribution in [0.5, 0.6) is 0 Å². The molecule has 2 aliphatic heterocycles. The lowest BCUT2D eigenvalue weighted by atomic mass is 9.88. The van der Waals surface area contributed by atoms with Crippen LogP contribution in [-0.2, 0) is 19.1 Å². The van der Waals surface area contributed by atoms with Gasteiger partial charge >= 0.3 is 5.97 Å². The van der Waals surface area contributed by atoms with Crippen LogP contribution in [0.4, 0.5) is 0 Å². The topological polar surface area (TPSA) is 59.1 Å². The number of carbonyl (C=O) groups is 2. The molecule has 0 N–H and O–H groups in total. The van der Waals surface area contributed by atoms with Crippen molar-refractivity contribution in [2.24, 2.45) is 0 Å². The molecule has 5 heteroatoms. The zero-order valence-corrected chi connectivity index (χ0v) is 14.6. The van der Waals surface area contributed by atoms with E-state index in [0.29, 0.717) is 13.0 Å². The molecule has 2 aromatic carbocycles. The number of hydrogen-bond acceptors (Lipinski definition) is 4. The fraction of sp³-hybridized carbons (Fsp3) is 0.333. The van der Waals surface area contributed by atoms with Crippen molar-refractivity contribution in [2.75, 3.05) is 13.7 Å². The van der Waals surface area contributed by atoms with E-state index in [-0.39, 0.29) is 24.1 Å². The lowest BCUT2D eigenvalue weighted by Crippen LogP contribution is -2.52. The van der Waals surface area contributed by atoms with E-state index >= 15 is 0 Å². The molecule has 2 unspecified atom stereocenters. The van der Waals surface area contributed by atoms with Crippen LogP contribution in [-0.4, -0.2) is 48.7 Å². The van der Waals surface area contributed by atoms with Crippen LogP contribution in [0.25, 0.3) is 0 Å². The van der Waals surface area contributed by atoms with E-state index in [1.54, 1.807) is 4.90 Å². The first-order chi connectivity index (χ1) is 12.7. The molecule has 2 aliphatic rings. The number of methoxy groups -OCH3 is 1. The third kappa shape index (κ3) is 3.10. The molecule has 26 heavy (non-hydrogen) atoms. The molecule has 4 rings (SSSR count). The summed E-state index contributed by atoms with van der Waals surface area (Å²) in [5.41, 5.74) is 1.82. The van der Waals surface area contributed by atoms with Crippen LogP contribution in [0.15, 0.2) is 60.7 Å². The van der Waals surface area contributed by atoms with Gasteiger partial charge in [0.25, 0.3) is 0 Å². The Morgan fingerprint density at radius 2 is 1.58 bits per heavy atom. The zero-order chi connectivity index (χ0) is 18.1. The highest BCUT2D eigenvalue weighted by Gasteiger charge is 2.52. The van der Waals surface area contributed by atoms with Crippen molar-refractivity contribution in [3.63, 3.8) is 0 Å². The number of hydrogen-bond donors (Lipinski definition) is 0. The van der Waals surface area contributed by atoms with Crippen LogP contribution in [0.1, 0.15) is 23.5 Å². The summed E-state index contributed by atoms with van der Waals surface area (Å²) in [6.07, 6.45) is 0.599. The summed E-state index contributed by atoms with van der Waals surface area (Å²) in [6, 6.07) is 18.7. The Morgan fingerprint density at radius 1 is 1.00 bits per heavy atom. The molecule has 0 radical (unpaired) electrons. The van der Waals surface area contributed by atoms with Crippen molar-refractivity contribution in [1.82, 2.24) is 4.90 Å². The summed E-state index contributed by atoms with van der Waals surface area (Å²) >= 11 is 0. The summed E-state index contributed by atoms with van der Waals surface area (Å²) in [6.45, 7) is 0.430. The maximum Gasteiger partial charge on any atom is 0.328 e. The number of nitrogens with zero attached hydrogens (tertiary/aromatic N) is 1. The molecule has 2 heterocycles. The second-order valence-electron chi connectivity index (χ2n) is 6.73. The Kier molecular flexibility index (Phi) is 4.47. The molecule has 134 valence electrons. The molecule has 0 saturated carbocycles. The summed E-state index contributed by atoms with van der Waals surface area (Å²) in [5, 5.41) is 0. The van der Waals surface area contributed by atoms with Crippen LogP contribution < -0.4 is 0 Å². The highest BCUT2D eigenvalue weighted by molar-refractivity contribution is 5.91. The second kappa shape index (κ2) is 6.92. The number of amides is 1. The third-order valence-electron chi connectivity index (χ3n) is 5.17. The van der Waals surface area contributed by atoms with Gasteiger partial charge in [-0.05, 0) is 11.1 Å². The highest BCUT2D eigenvalue weighted by atomic mass is 16.6. The van der Waals surface area contributed by atoms with Crippen molar-refractivity contribution in [1.29, 1.82) is 0 Å². The minimum atomic E-state index is -0.592. The van der Waals surface area contributed by atoms with Crippen LogP contribution in [0.3, 0.4) is 0 Å². The van der Waals surface area contributed by atoms with Gasteiger partial charge < -0.3 is 14.4 Å². The molecule has 3 atom stereocenters. The lowest BCUT2D eigenvalue weighted by Gasteiger charge is -2.34. The number of esters is 1. The molecule has 2 saturated heterocycles. The smallest absolute Gasteiger partial charge is 0.328 e. The number of carbonyl (C=O) groups excluding carboxylic acids is 2. The fourth-order valence-electron chi connectivity index (χ4n) is 3.75. The summed E-state index contributed by atoms with van der Waals surface area (Å²) in [5.74, 6) is -0.932. The summed E-state index contributed by atoms with van der Waals surface area (Å²) < 4.78 is 10.5. The largest absolute Gasteiger partial charge is 0.467 e. The summed E-state index contributed by atoms with van der Waals surface area (Å²) in [7, 11) is 1.36. The Bertz CT molecular complexity index is 753. The first-order valence-corrected chi connectivity index (χ1v) is 8.82. The predicted molar refractivity (Wildman–Crippen MR) is 95.5 cm³/mol. The molecule has 0 aliphatic carbocycles. The average molecular weight is 351 g/mol. The maximum absolute atomic E-state index is 13.6. The standard InChI is InChI=1S/C21H21NO4/c1-25-21(24)16-12-17-18(26-17)13-22(16)20(23)19(14-8-4-2-5-9-14)15-10-6-3-7-11-15/h2-11,16-19H,12-13H2,1H3/t16-,17?,18?/m0/s1. The quantitative estimate of drug-likeness (QED) is 0.627. The van der Waals surface area contributed by atoms with E-state index < -0.39 is 12.0 Å².